The summed E-state index contributed by atoms with van der Waals surface area (Å²) in [4.78, 5) is 22.0. The van der Waals surface area contributed by atoms with E-state index in [-0.39, 0.29) is 18.0 Å². The van der Waals surface area contributed by atoms with Gasteiger partial charge in [0.1, 0.15) is 18.0 Å². The van der Waals surface area contributed by atoms with Crippen molar-refractivity contribution in [3.63, 3.8) is 0 Å². The van der Waals surface area contributed by atoms with E-state index in [1.165, 1.54) is 6.07 Å². The van der Waals surface area contributed by atoms with Crippen LogP contribution in [0.5, 0.6) is 5.75 Å². The molecular weight excluding hydrogens is 317 g/mol. The second-order valence-corrected chi connectivity index (χ2v) is 5.25. The first kappa shape index (κ1) is 15.7. The number of rotatable bonds is 4. The van der Waals surface area contributed by atoms with E-state index >= 15 is 0 Å². The number of benzene rings is 2. The number of hydrogen-bond donors (Lipinski definition) is 0. The van der Waals surface area contributed by atoms with Gasteiger partial charge in [-0.3, -0.25) is 10.1 Å². The molecule has 0 spiro atoms. The number of hydrogen-bond acceptors (Lipinski definition) is 5. The predicted molar refractivity (Wildman–Crippen MR) is 84.6 cm³/mol. The predicted octanol–water partition coefficient (Wildman–Crippen LogP) is 3.73. The van der Waals surface area contributed by atoms with Gasteiger partial charge in [0.15, 0.2) is 5.75 Å². The van der Waals surface area contributed by atoms with E-state index in [0.717, 1.165) is 23.8 Å². The summed E-state index contributed by atoms with van der Waals surface area (Å²) in [6, 6.07) is 9.54. The third kappa shape index (κ3) is 3.10. The zero-order chi connectivity index (χ0) is 17.3. The van der Waals surface area contributed by atoms with Gasteiger partial charge in [0, 0.05) is 29.1 Å². The van der Waals surface area contributed by atoms with Crippen LogP contribution in [0.2, 0.25) is 0 Å². The van der Waals surface area contributed by atoms with Gasteiger partial charge in [-0.05, 0) is 24.6 Å². The number of nitro groups is 1. The molecule has 3 rings (SSSR count). The first-order valence-corrected chi connectivity index (χ1v) is 7.04. The minimum atomic E-state index is -0.657. The van der Waals surface area contributed by atoms with E-state index in [4.69, 9.17) is 9.15 Å². The summed E-state index contributed by atoms with van der Waals surface area (Å²) >= 11 is 0. The summed E-state index contributed by atoms with van der Waals surface area (Å²) in [5, 5.41) is 11.6. The van der Waals surface area contributed by atoms with E-state index in [0.29, 0.717) is 16.5 Å². The van der Waals surface area contributed by atoms with E-state index in [1.807, 2.05) is 13.0 Å². The van der Waals surface area contributed by atoms with Gasteiger partial charge in [-0.2, -0.15) is 0 Å². The summed E-state index contributed by atoms with van der Waals surface area (Å²) in [6.07, 6.45) is 0. The van der Waals surface area contributed by atoms with Crippen LogP contribution in [0.3, 0.4) is 0 Å². The van der Waals surface area contributed by atoms with Crippen LogP contribution in [0.15, 0.2) is 51.7 Å². The number of nitrogens with zero attached hydrogens (tertiary/aromatic N) is 1. The molecule has 3 aromatic rings. The van der Waals surface area contributed by atoms with Crippen LogP contribution in [-0.4, -0.2) is 4.92 Å². The molecule has 0 atom stereocenters. The molecule has 0 radical (unpaired) electrons. The highest BCUT2D eigenvalue weighted by Crippen LogP contribution is 2.29. The number of ether oxygens (including phenoxy) is 1. The fraction of sp³-hybridized carbons (Fsp3) is 0.118. The van der Waals surface area contributed by atoms with Crippen LogP contribution in [0.4, 0.5) is 10.1 Å². The fourth-order valence-electron chi connectivity index (χ4n) is 2.37. The zero-order valence-corrected chi connectivity index (χ0v) is 12.6. The Labute approximate surface area is 135 Å². The van der Waals surface area contributed by atoms with E-state index in [1.54, 1.807) is 12.1 Å². The van der Waals surface area contributed by atoms with Crippen molar-refractivity contribution in [2.45, 2.75) is 13.5 Å². The molecule has 2 aromatic carbocycles. The molecule has 0 saturated heterocycles. The monoisotopic (exact) mass is 329 g/mol. The maximum atomic E-state index is 13.3. The molecule has 122 valence electrons. The van der Waals surface area contributed by atoms with Crippen LogP contribution < -0.4 is 10.4 Å². The quantitative estimate of drug-likeness (QED) is 0.414. The highest BCUT2D eigenvalue weighted by atomic mass is 19.1. The molecule has 0 N–H and O–H groups in total. The largest absolute Gasteiger partial charge is 0.482 e. The highest BCUT2D eigenvalue weighted by Gasteiger charge is 2.17. The van der Waals surface area contributed by atoms with Crippen LogP contribution in [0.25, 0.3) is 11.0 Å². The van der Waals surface area contributed by atoms with E-state index < -0.39 is 16.4 Å². The molecular formula is C17H12FNO5. The molecule has 0 bridgehead atoms. The zero-order valence-electron chi connectivity index (χ0n) is 12.6. The Morgan fingerprint density at radius 3 is 2.75 bits per heavy atom. The van der Waals surface area contributed by atoms with Crippen LogP contribution in [-0.2, 0) is 6.61 Å². The Morgan fingerprint density at radius 1 is 1.21 bits per heavy atom. The van der Waals surface area contributed by atoms with Crippen molar-refractivity contribution in [2.75, 3.05) is 0 Å². The molecule has 7 heteroatoms. The summed E-state index contributed by atoms with van der Waals surface area (Å²) in [5.74, 6) is -0.850. The van der Waals surface area contributed by atoms with E-state index in [9.17, 15) is 19.3 Å². The van der Waals surface area contributed by atoms with Crippen LogP contribution >= 0.6 is 0 Å². The highest BCUT2D eigenvalue weighted by molar-refractivity contribution is 5.80. The smallest absolute Gasteiger partial charge is 0.336 e. The van der Waals surface area contributed by atoms with Crippen molar-refractivity contribution in [1.29, 1.82) is 0 Å². The normalized spacial score (nSPS) is 10.8. The van der Waals surface area contributed by atoms with Crippen molar-refractivity contribution in [3.8, 4) is 5.75 Å². The van der Waals surface area contributed by atoms with Gasteiger partial charge in [-0.1, -0.05) is 12.1 Å². The summed E-state index contributed by atoms with van der Waals surface area (Å²) in [5.41, 5.74) is 0.916. The molecule has 0 unspecified atom stereocenters. The Morgan fingerprint density at radius 2 is 2.00 bits per heavy atom. The van der Waals surface area contributed by atoms with Crippen molar-refractivity contribution < 1.29 is 18.5 Å². The van der Waals surface area contributed by atoms with E-state index in [2.05, 4.69) is 0 Å². The molecule has 6 nitrogen and oxygen atoms in total. The molecule has 0 saturated carbocycles. The summed E-state index contributed by atoms with van der Waals surface area (Å²) in [7, 11) is 0. The van der Waals surface area contributed by atoms with Crippen LogP contribution in [0, 0.1) is 22.9 Å². The molecule has 0 amide bonds. The summed E-state index contributed by atoms with van der Waals surface area (Å²) < 4.78 is 23.9. The van der Waals surface area contributed by atoms with Crippen molar-refractivity contribution in [3.05, 3.63) is 79.9 Å². The minimum absolute atomic E-state index is 0.130. The van der Waals surface area contributed by atoms with Gasteiger partial charge in [0.2, 0.25) is 0 Å². The minimum Gasteiger partial charge on any atom is -0.482 e. The van der Waals surface area contributed by atoms with Crippen molar-refractivity contribution in [1.82, 2.24) is 0 Å². The van der Waals surface area contributed by atoms with Crippen molar-refractivity contribution >= 4 is 16.7 Å². The molecule has 1 heterocycles. The standard InChI is InChI=1S/C17H12FNO5/c1-10-2-4-13-11(7-17(20)24-15(13)6-10)9-23-16-8-12(18)3-5-14(16)19(21)22/h2-8H,9H2,1H3. The first-order valence-electron chi connectivity index (χ1n) is 7.04. The lowest BCUT2D eigenvalue weighted by molar-refractivity contribution is -0.386. The van der Waals surface area contributed by atoms with Crippen LogP contribution in [0.1, 0.15) is 11.1 Å². The maximum absolute atomic E-state index is 13.3. The lowest BCUT2D eigenvalue weighted by atomic mass is 10.1. The third-order valence-electron chi connectivity index (χ3n) is 3.49. The molecule has 0 aliphatic carbocycles. The van der Waals surface area contributed by atoms with Gasteiger partial charge in [-0.25, -0.2) is 9.18 Å². The van der Waals surface area contributed by atoms with Gasteiger partial charge in [0.05, 0.1) is 4.92 Å². The summed E-state index contributed by atoms with van der Waals surface area (Å²) in [6.45, 7) is 1.73. The fourth-order valence-corrected chi connectivity index (χ4v) is 2.37. The van der Waals surface area contributed by atoms with Gasteiger partial charge in [-0.15, -0.1) is 0 Å². The maximum Gasteiger partial charge on any atom is 0.336 e. The van der Waals surface area contributed by atoms with Gasteiger partial charge < -0.3 is 9.15 Å². The molecule has 24 heavy (non-hydrogen) atoms. The molecule has 1 aromatic heterocycles. The first-order chi connectivity index (χ1) is 11.4. The number of halogens is 1. The second kappa shape index (κ2) is 6.11. The Hall–Kier alpha value is -3.22. The van der Waals surface area contributed by atoms with Gasteiger partial charge in [0.25, 0.3) is 0 Å². The molecule has 0 aliphatic heterocycles. The molecule has 0 fully saturated rings. The lowest BCUT2D eigenvalue weighted by Gasteiger charge is -2.09. The average molecular weight is 329 g/mol. The average Bonchev–Trinajstić information content (AvgIpc) is 2.51. The third-order valence-corrected chi connectivity index (χ3v) is 3.49. The molecule has 0 aliphatic rings. The topological polar surface area (TPSA) is 82.6 Å². The number of nitro benzene ring substituents is 1. The number of fused-ring (bicyclic) bond motifs is 1. The SMILES string of the molecule is Cc1ccc2c(COc3cc(F)ccc3[N+](=O)[O-])cc(=O)oc2c1. The van der Waals surface area contributed by atoms with Gasteiger partial charge >= 0.3 is 11.3 Å². The Balaban J connectivity index is 1.99. The number of aryl methyl sites for hydroxylation is 1. The lowest BCUT2D eigenvalue weighted by Crippen LogP contribution is -2.05. The van der Waals surface area contributed by atoms with Crippen molar-refractivity contribution in [2.24, 2.45) is 0 Å². The Kier molecular flexibility index (Phi) is 3.99. The second-order valence-electron chi connectivity index (χ2n) is 5.25. The Bertz CT molecular complexity index is 996.